The van der Waals surface area contributed by atoms with Crippen LogP contribution in [0.3, 0.4) is 0 Å². The summed E-state index contributed by atoms with van der Waals surface area (Å²) in [6, 6.07) is 4.52. The average Bonchev–Trinajstić information content (AvgIpc) is 2.38. The van der Waals surface area contributed by atoms with Crippen LogP contribution >= 0.6 is 12.1 Å². The lowest BCUT2D eigenvalue weighted by atomic mass is 10.2. The highest BCUT2D eigenvalue weighted by atomic mass is 32.2. The molecule has 2 aromatic rings. The van der Waals surface area contributed by atoms with Crippen molar-refractivity contribution in [1.82, 2.24) is 9.97 Å². The summed E-state index contributed by atoms with van der Waals surface area (Å²) in [5.41, 5.74) is -0.558. The minimum absolute atomic E-state index is 0.00263. The molecule has 0 spiro atoms. The molecule has 2 aromatic heterocycles. The summed E-state index contributed by atoms with van der Waals surface area (Å²) in [5.74, 6) is 0. The molecule has 0 fully saturated rings. The van der Waals surface area contributed by atoms with Gasteiger partial charge in [0.25, 0.3) is 0 Å². The van der Waals surface area contributed by atoms with Crippen LogP contribution in [0.4, 0.5) is 17.1 Å². The van der Waals surface area contributed by atoms with Crippen LogP contribution in [0.2, 0.25) is 0 Å². The number of aromatic nitrogens is 2. The number of nitrogens with zero attached hydrogens (tertiary/aromatic N) is 2. The molecule has 94 valence electrons. The quantitative estimate of drug-likeness (QED) is 0.770. The van der Waals surface area contributed by atoms with E-state index < -0.39 is 11.7 Å². The molecule has 2 nitrogen and oxygen atoms in total. The number of hydrogen-bond acceptors (Lipinski definition) is 3. The van der Waals surface area contributed by atoms with Crippen LogP contribution in [-0.2, 0) is 6.18 Å². The molecule has 0 atom stereocenters. The van der Waals surface area contributed by atoms with E-state index >= 15 is 0 Å². The van der Waals surface area contributed by atoms with E-state index in [1.807, 2.05) is 0 Å². The summed E-state index contributed by atoms with van der Waals surface area (Å²) in [6.07, 6.45) is -2.07. The predicted octanol–water partition coefficient (Wildman–Crippen LogP) is 4.14. The number of hydrogen-bond donors (Lipinski definition) is 0. The third-order valence-corrected chi connectivity index (χ3v) is 2.60. The van der Waals surface area contributed by atoms with Gasteiger partial charge >= 0.3 is 6.18 Å². The Hall–Kier alpha value is -1.63. The molecular formula is C11H6F4N2S. The molecule has 2 rings (SSSR count). The molecule has 0 amide bonds. The molecule has 0 aliphatic rings. The molecule has 7 heteroatoms. The molecule has 0 saturated heterocycles. The maximum atomic E-state index is 12.5. The Morgan fingerprint density at radius 1 is 0.944 bits per heavy atom. The SMILES string of the molecule is FSc1ccnc(-c2cc(C(F)(F)F)ccn2)c1. The second-order valence-corrected chi connectivity index (χ2v) is 4.01. The highest BCUT2D eigenvalue weighted by Gasteiger charge is 2.30. The van der Waals surface area contributed by atoms with Crippen molar-refractivity contribution in [2.75, 3.05) is 0 Å². The van der Waals surface area contributed by atoms with Crippen molar-refractivity contribution >= 4 is 12.1 Å². The summed E-state index contributed by atoms with van der Waals surface area (Å²) in [4.78, 5) is 7.94. The summed E-state index contributed by atoms with van der Waals surface area (Å²) in [5, 5.41) is 0. The number of alkyl halides is 3. The number of halogens is 4. The lowest BCUT2D eigenvalue weighted by Gasteiger charge is -2.07. The second kappa shape index (κ2) is 4.93. The normalized spacial score (nSPS) is 11.6. The molecule has 0 saturated carbocycles. The number of pyridine rings is 2. The topological polar surface area (TPSA) is 25.8 Å². The minimum atomic E-state index is -4.44. The first-order chi connectivity index (χ1) is 8.50. The zero-order chi connectivity index (χ0) is 13.2. The standard InChI is InChI=1S/C11H6F4N2S/c12-11(13,14)7-1-3-16-9(5-7)10-6-8(18-15)2-4-17-10/h1-6H. The van der Waals surface area contributed by atoms with E-state index in [-0.39, 0.29) is 28.4 Å². The lowest BCUT2D eigenvalue weighted by molar-refractivity contribution is -0.137. The monoisotopic (exact) mass is 274 g/mol. The van der Waals surface area contributed by atoms with Gasteiger partial charge in [-0.2, -0.15) is 17.1 Å². The van der Waals surface area contributed by atoms with Gasteiger partial charge in [-0.1, -0.05) is 0 Å². The van der Waals surface area contributed by atoms with E-state index in [9.17, 15) is 17.1 Å². The number of rotatable bonds is 2. The molecular weight excluding hydrogens is 268 g/mol. The van der Waals surface area contributed by atoms with Crippen LogP contribution in [0.15, 0.2) is 41.6 Å². The maximum absolute atomic E-state index is 12.5. The van der Waals surface area contributed by atoms with Gasteiger partial charge in [0.05, 0.1) is 29.1 Å². The van der Waals surface area contributed by atoms with Crippen LogP contribution in [0.25, 0.3) is 11.4 Å². The molecule has 0 radical (unpaired) electrons. The van der Waals surface area contributed by atoms with Crippen molar-refractivity contribution in [1.29, 1.82) is 0 Å². The first-order valence-corrected chi connectivity index (χ1v) is 5.50. The van der Waals surface area contributed by atoms with Gasteiger partial charge in [-0.25, -0.2) is 0 Å². The van der Waals surface area contributed by atoms with Gasteiger partial charge < -0.3 is 0 Å². The van der Waals surface area contributed by atoms with E-state index in [0.717, 1.165) is 18.3 Å². The molecule has 18 heavy (non-hydrogen) atoms. The van der Waals surface area contributed by atoms with Crippen molar-refractivity contribution in [3.63, 3.8) is 0 Å². The summed E-state index contributed by atoms with van der Waals surface area (Å²) >= 11 is -0.00263. The van der Waals surface area contributed by atoms with Crippen molar-refractivity contribution in [2.24, 2.45) is 0 Å². The van der Waals surface area contributed by atoms with E-state index in [1.54, 1.807) is 0 Å². The Bertz CT molecular complexity index is 557. The Morgan fingerprint density at radius 2 is 1.56 bits per heavy atom. The predicted molar refractivity (Wildman–Crippen MR) is 59.4 cm³/mol. The first-order valence-electron chi connectivity index (χ1n) is 4.79. The minimum Gasteiger partial charge on any atom is -0.255 e. The fraction of sp³-hybridized carbons (Fsp3) is 0.0909. The Labute approximate surface area is 104 Å². The van der Waals surface area contributed by atoms with Crippen molar-refractivity contribution in [2.45, 2.75) is 11.1 Å². The van der Waals surface area contributed by atoms with Crippen LogP contribution in [0.5, 0.6) is 0 Å². The van der Waals surface area contributed by atoms with E-state index in [4.69, 9.17) is 0 Å². The largest absolute Gasteiger partial charge is 0.416 e. The Kier molecular flexibility index (Phi) is 3.51. The molecule has 0 bridgehead atoms. The van der Waals surface area contributed by atoms with E-state index in [2.05, 4.69) is 9.97 Å². The van der Waals surface area contributed by atoms with E-state index in [1.165, 1.54) is 18.3 Å². The van der Waals surface area contributed by atoms with Crippen molar-refractivity contribution in [3.8, 4) is 11.4 Å². The van der Waals surface area contributed by atoms with Gasteiger partial charge in [0.1, 0.15) is 0 Å². The maximum Gasteiger partial charge on any atom is 0.416 e. The van der Waals surface area contributed by atoms with Crippen LogP contribution in [0, 0.1) is 0 Å². The van der Waals surface area contributed by atoms with Gasteiger partial charge in [-0.3, -0.25) is 9.97 Å². The second-order valence-electron chi connectivity index (χ2n) is 3.38. The lowest BCUT2D eigenvalue weighted by Crippen LogP contribution is -2.05. The molecule has 0 aromatic carbocycles. The van der Waals surface area contributed by atoms with Crippen molar-refractivity contribution < 1.29 is 17.1 Å². The highest BCUT2D eigenvalue weighted by Crippen LogP contribution is 2.31. The summed E-state index contributed by atoms with van der Waals surface area (Å²) in [6.45, 7) is 0. The molecule has 2 heterocycles. The van der Waals surface area contributed by atoms with Crippen LogP contribution in [0.1, 0.15) is 5.56 Å². The fourth-order valence-corrected chi connectivity index (χ4v) is 1.61. The van der Waals surface area contributed by atoms with Crippen molar-refractivity contribution in [3.05, 3.63) is 42.2 Å². The van der Waals surface area contributed by atoms with Crippen LogP contribution < -0.4 is 0 Å². The summed E-state index contributed by atoms with van der Waals surface area (Å²) in [7, 11) is 0. The molecule has 0 unspecified atom stereocenters. The van der Waals surface area contributed by atoms with Gasteiger partial charge in [0.2, 0.25) is 0 Å². The fourth-order valence-electron chi connectivity index (χ4n) is 1.35. The van der Waals surface area contributed by atoms with Crippen LogP contribution in [-0.4, -0.2) is 9.97 Å². The van der Waals surface area contributed by atoms with Gasteiger partial charge in [0, 0.05) is 17.3 Å². The zero-order valence-corrected chi connectivity index (χ0v) is 9.60. The summed E-state index contributed by atoms with van der Waals surface area (Å²) < 4.78 is 49.9. The smallest absolute Gasteiger partial charge is 0.255 e. The molecule has 0 aliphatic carbocycles. The third-order valence-electron chi connectivity index (χ3n) is 2.17. The Morgan fingerprint density at radius 3 is 2.17 bits per heavy atom. The Balaban J connectivity index is 2.44. The molecule has 0 aliphatic heterocycles. The average molecular weight is 274 g/mol. The zero-order valence-electron chi connectivity index (χ0n) is 8.78. The van der Waals surface area contributed by atoms with Gasteiger partial charge in [0.15, 0.2) is 0 Å². The molecule has 0 N–H and O–H groups in total. The van der Waals surface area contributed by atoms with E-state index in [0.29, 0.717) is 0 Å². The first kappa shape index (κ1) is 12.8. The third kappa shape index (κ3) is 2.79. The van der Waals surface area contributed by atoms with Gasteiger partial charge in [-0.15, -0.1) is 0 Å². The van der Waals surface area contributed by atoms with Gasteiger partial charge in [-0.05, 0) is 24.3 Å². The highest BCUT2D eigenvalue weighted by molar-refractivity contribution is 7.94.